The van der Waals surface area contributed by atoms with Crippen LogP contribution in [0.5, 0.6) is 11.5 Å². The molecule has 0 fully saturated rings. The molecule has 29 heavy (non-hydrogen) atoms. The molecular formula is C24H23NO4. The number of benzene rings is 3. The van der Waals surface area contributed by atoms with Crippen LogP contribution < -0.4 is 14.8 Å². The minimum Gasteiger partial charge on any atom is -0.482 e. The van der Waals surface area contributed by atoms with Crippen LogP contribution in [0.25, 0.3) is 0 Å². The first kappa shape index (κ1) is 20.1. The summed E-state index contributed by atoms with van der Waals surface area (Å²) in [7, 11) is 0. The Morgan fingerprint density at radius 3 is 2.07 bits per heavy atom. The molecule has 0 heterocycles. The smallest absolute Gasteiger partial charge is 0.349 e. The fourth-order valence-electron chi connectivity index (χ4n) is 2.65. The monoisotopic (exact) mass is 389 g/mol. The molecule has 0 aliphatic heterocycles. The van der Waals surface area contributed by atoms with Gasteiger partial charge in [0.25, 0.3) is 5.91 Å². The molecule has 0 bridgehead atoms. The Kier molecular flexibility index (Phi) is 6.63. The number of rotatable bonds is 7. The average molecular weight is 389 g/mol. The molecule has 0 aromatic heterocycles. The Morgan fingerprint density at radius 2 is 1.45 bits per heavy atom. The Hall–Kier alpha value is -3.60. The predicted octanol–water partition coefficient (Wildman–Crippen LogP) is 5.05. The molecule has 3 rings (SSSR count). The Balaban J connectivity index is 1.49. The molecule has 1 N–H and O–H groups in total. The number of para-hydroxylation sites is 1. The molecule has 0 saturated heterocycles. The van der Waals surface area contributed by atoms with Gasteiger partial charge in [-0.15, -0.1) is 0 Å². The summed E-state index contributed by atoms with van der Waals surface area (Å²) in [4.78, 5) is 24.2. The number of ether oxygens (including phenoxy) is 2. The SMILES string of the molecule is CC(C)c1ccc(OCC(=O)Oc2ccc(C(=O)Nc3ccccc3)cc2)cc1. The van der Waals surface area contributed by atoms with Crippen LogP contribution in [0.2, 0.25) is 0 Å². The van der Waals surface area contributed by atoms with Gasteiger partial charge in [0.15, 0.2) is 6.61 Å². The van der Waals surface area contributed by atoms with Crippen molar-refractivity contribution >= 4 is 17.6 Å². The summed E-state index contributed by atoms with van der Waals surface area (Å²) >= 11 is 0. The summed E-state index contributed by atoms with van der Waals surface area (Å²) in [5.41, 5.74) is 2.39. The minimum absolute atomic E-state index is 0.197. The average Bonchev–Trinajstić information content (AvgIpc) is 2.74. The van der Waals surface area contributed by atoms with Crippen molar-refractivity contribution < 1.29 is 19.1 Å². The molecule has 1 amide bonds. The number of carbonyl (C=O) groups is 2. The highest BCUT2D eigenvalue weighted by Crippen LogP contribution is 2.19. The topological polar surface area (TPSA) is 64.6 Å². The fourth-order valence-corrected chi connectivity index (χ4v) is 2.65. The number of carbonyl (C=O) groups excluding carboxylic acids is 2. The predicted molar refractivity (Wildman–Crippen MR) is 112 cm³/mol. The lowest BCUT2D eigenvalue weighted by atomic mass is 10.0. The molecular weight excluding hydrogens is 366 g/mol. The lowest BCUT2D eigenvalue weighted by Crippen LogP contribution is -2.18. The highest BCUT2D eigenvalue weighted by Gasteiger charge is 2.09. The summed E-state index contributed by atoms with van der Waals surface area (Å²) in [6.07, 6.45) is 0. The van der Waals surface area contributed by atoms with Gasteiger partial charge in [-0.25, -0.2) is 4.79 Å². The molecule has 148 valence electrons. The van der Waals surface area contributed by atoms with Gasteiger partial charge < -0.3 is 14.8 Å². The lowest BCUT2D eigenvalue weighted by molar-refractivity contribution is -0.136. The van der Waals surface area contributed by atoms with Gasteiger partial charge >= 0.3 is 5.97 Å². The quantitative estimate of drug-likeness (QED) is 0.454. The van der Waals surface area contributed by atoms with Crippen LogP contribution in [0.15, 0.2) is 78.9 Å². The third-order valence-electron chi connectivity index (χ3n) is 4.28. The van der Waals surface area contributed by atoms with Crippen LogP contribution in [-0.2, 0) is 4.79 Å². The summed E-state index contributed by atoms with van der Waals surface area (Å²) in [5, 5.41) is 2.80. The van der Waals surface area contributed by atoms with Gasteiger partial charge in [0, 0.05) is 11.3 Å². The third kappa shape index (κ3) is 5.94. The number of hydrogen-bond donors (Lipinski definition) is 1. The number of esters is 1. The van der Waals surface area contributed by atoms with E-state index >= 15 is 0 Å². The molecule has 0 aliphatic carbocycles. The van der Waals surface area contributed by atoms with Crippen LogP contribution in [0.4, 0.5) is 5.69 Å². The van der Waals surface area contributed by atoms with Gasteiger partial charge in [-0.3, -0.25) is 4.79 Å². The zero-order valence-corrected chi connectivity index (χ0v) is 16.4. The highest BCUT2D eigenvalue weighted by atomic mass is 16.6. The maximum Gasteiger partial charge on any atom is 0.349 e. The molecule has 0 spiro atoms. The summed E-state index contributed by atoms with van der Waals surface area (Å²) in [6.45, 7) is 4.03. The second kappa shape index (κ2) is 9.55. The Morgan fingerprint density at radius 1 is 0.828 bits per heavy atom. The van der Waals surface area contributed by atoms with Gasteiger partial charge in [0.2, 0.25) is 0 Å². The van der Waals surface area contributed by atoms with Crippen molar-refractivity contribution in [2.24, 2.45) is 0 Å². The molecule has 0 aliphatic rings. The largest absolute Gasteiger partial charge is 0.482 e. The number of hydrogen-bond acceptors (Lipinski definition) is 4. The standard InChI is InChI=1S/C24H23NO4/c1-17(2)18-8-12-21(13-9-18)28-16-23(26)29-22-14-10-19(11-15-22)24(27)25-20-6-4-3-5-7-20/h3-15,17H,16H2,1-2H3,(H,25,27). The van der Waals surface area contributed by atoms with Crippen molar-refractivity contribution in [3.8, 4) is 11.5 Å². The van der Waals surface area contributed by atoms with E-state index in [2.05, 4.69) is 19.2 Å². The summed E-state index contributed by atoms with van der Waals surface area (Å²) in [5.74, 6) is 0.651. The van der Waals surface area contributed by atoms with Crippen LogP contribution in [0.3, 0.4) is 0 Å². The Labute approximate surface area is 170 Å². The van der Waals surface area contributed by atoms with E-state index < -0.39 is 5.97 Å². The molecule has 5 heteroatoms. The molecule has 3 aromatic rings. The van der Waals surface area contributed by atoms with E-state index in [-0.39, 0.29) is 12.5 Å². The summed E-state index contributed by atoms with van der Waals surface area (Å²) in [6, 6.07) is 23.2. The van der Waals surface area contributed by atoms with E-state index in [4.69, 9.17) is 9.47 Å². The zero-order valence-electron chi connectivity index (χ0n) is 16.4. The maximum absolute atomic E-state index is 12.2. The van der Waals surface area contributed by atoms with E-state index in [0.717, 1.165) is 0 Å². The van der Waals surface area contributed by atoms with Crippen molar-refractivity contribution in [1.82, 2.24) is 0 Å². The Bertz CT molecular complexity index is 948. The van der Waals surface area contributed by atoms with Crippen molar-refractivity contribution in [1.29, 1.82) is 0 Å². The lowest BCUT2D eigenvalue weighted by Gasteiger charge is -2.09. The van der Waals surface area contributed by atoms with Crippen molar-refractivity contribution in [2.75, 3.05) is 11.9 Å². The number of nitrogens with one attached hydrogen (secondary N) is 1. The van der Waals surface area contributed by atoms with Gasteiger partial charge in [0.1, 0.15) is 11.5 Å². The molecule has 3 aromatic carbocycles. The van der Waals surface area contributed by atoms with Crippen LogP contribution in [0, 0.1) is 0 Å². The van der Waals surface area contributed by atoms with Crippen molar-refractivity contribution in [3.63, 3.8) is 0 Å². The maximum atomic E-state index is 12.2. The van der Waals surface area contributed by atoms with Gasteiger partial charge in [-0.2, -0.15) is 0 Å². The van der Waals surface area contributed by atoms with Crippen molar-refractivity contribution in [2.45, 2.75) is 19.8 Å². The molecule has 0 radical (unpaired) electrons. The van der Waals surface area contributed by atoms with E-state index in [1.165, 1.54) is 5.56 Å². The van der Waals surface area contributed by atoms with E-state index in [1.807, 2.05) is 54.6 Å². The number of anilines is 1. The second-order valence-corrected chi connectivity index (χ2v) is 6.83. The van der Waals surface area contributed by atoms with Crippen molar-refractivity contribution in [3.05, 3.63) is 90.0 Å². The fraction of sp³-hybridized carbons (Fsp3) is 0.167. The van der Waals surface area contributed by atoms with E-state index in [1.54, 1.807) is 24.3 Å². The van der Waals surface area contributed by atoms with Gasteiger partial charge in [-0.1, -0.05) is 44.2 Å². The van der Waals surface area contributed by atoms with Gasteiger partial charge in [-0.05, 0) is 60.0 Å². The second-order valence-electron chi connectivity index (χ2n) is 6.83. The highest BCUT2D eigenvalue weighted by molar-refractivity contribution is 6.04. The first-order valence-electron chi connectivity index (χ1n) is 9.41. The van der Waals surface area contributed by atoms with Crippen LogP contribution >= 0.6 is 0 Å². The van der Waals surface area contributed by atoms with Crippen LogP contribution in [-0.4, -0.2) is 18.5 Å². The zero-order chi connectivity index (χ0) is 20.6. The third-order valence-corrected chi connectivity index (χ3v) is 4.28. The normalized spacial score (nSPS) is 10.4. The number of amides is 1. The first-order chi connectivity index (χ1) is 14.0. The molecule has 5 nitrogen and oxygen atoms in total. The minimum atomic E-state index is -0.514. The van der Waals surface area contributed by atoms with E-state index in [0.29, 0.717) is 28.7 Å². The molecule has 0 atom stereocenters. The van der Waals surface area contributed by atoms with Crippen LogP contribution in [0.1, 0.15) is 35.7 Å². The summed E-state index contributed by atoms with van der Waals surface area (Å²) < 4.78 is 10.7. The first-order valence-corrected chi connectivity index (χ1v) is 9.41. The van der Waals surface area contributed by atoms with Gasteiger partial charge in [0.05, 0.1) is 0 Å². The van der Waals surface area contributed by atoms with E-state index in [9.17, 15) is 9.59 Å². The molecule has 0 saturated carbocycles. The molecule has 0 unspecified atom stereocenters.